The fraction of sp³-hybridized carbons (Fsp3) is 0.571. The Morgan fingerprint density at radius 1 is 1.33 bits per heavy atom. The largest absolute Gasteiger partial charge is 0.389 e. The molecule has 0 fully saturated rings. The van der Waals surface area contributed by atoms with Crippen molar-refractivity contribution in [3.05, 3.63) is 27.7 Å². The standard InChI is InChI=1S/C14H22BrNO2/c1-9(2)18-8-12(17)7-16-14-11(4)5-10(3)6-13(14)15/h5-6,9,12,16-17H,7-8H2,1-4H3. The molecule has 0 radical (unpaired) electrons. The van der Waals surface area contributed by atoms with Gasteiger partial charge >= 0.3 is 0 Å². The van der Waals surface area contributed by atoms with Gasteiger partial charge in [-0.1, -0.05) is 6.07 Å². The molecule has 1 atom stereocenters. The summed E-state index contributed by atoms with van der Waals surface area (Å²) < 4.78 is 6.39. The number of aliphatic hydroxyl groups excluding tert-OH is 1. The fourth-order valence-corrected chi connectivity index (χ4v) is 2.54. The number of ether oxygens (including phenoxy) is 1. The van der Waals surface area contributed by atoms with E-state index in [1.807, 2.05) is 13.8 Å². The Labute approximate surface area is 118 Å². The van der Waals surface area contributed by atoms with Gasteiger partial charge in [-0.05, 0) is 60.8 Å². The number of anilines is 1. The summed E-state index contributed by atoms with van der Waals surface area (Å²) in [5.41, 5.74) is 3.41. The molecule has 1 aromatic carbocycles. The van der Waals surface area contributed by atoms with Crippen LogP contribution < -0.4 is 5.32 Å². The molecule has 0 heterocycles. The lowest BCUT2D eigenvalue weighted by Crippen LogP contribution is -2.26. The van der Waals surface area contributed by atoms with Gasteiger partial charge in [-0.3, -0.25) is 0 Å². The van der Waals surface area contributed by atoms with Crippen molar-refractivity contribution in [1.29, 1.82) is 0 Å². The summed E-state index contributed by atoms with van der Waals surface area (Å²) in [7, 11) is 0. The van der Waals surface area contributed by atoms with E-state index in [1.165, 1.54) is 11.1 Å². The van der Waals surface area contributed by atoms with Crippen LogP contribution in [0.4, 0.5) is 5.69 Å². The molecule has 18 heavy (non-hydrogen) atoms. The Kier molecular flexibility index (Phi) is 6.12. The van der Waals surface area contributed by atoms with Gasteiger partial charge in [0.25, 0.3) is 0 Å². The summed E-state index contributed by atoms with van der Waals surface area (Å²) in [5, 5.41) is 13.0. The number of nitrogens with one attached hydrogen (secondary N) is 1. The molecular formula is C14H22BrNO2. The lowest BCUT2D eigenvalue weighted by Gasteiger charge is -2.17. The van der Waals surface area contributed by atoms with E-state index in [0.717, 1.165) is 10.2 Å². The summed E-state index contributed by atoms with van der Waals surface area (Å²) in [6, 6.07) is 4.18. The van der Waals surface area contributed by atoms with Crippen molar-refractivity contribution in [3.63, 3.8) is 0 Å². The molecule has 0 aliphatic carbocycles. The maximum atomic E-state index is 9.79. The second-order valence-electron chi connectivity index (χ2n) is 4.86. The molecule has 3 nitrogen and oxygen atoms in total. The van der Waals surface area contributed by atoms with Crippen LogP contribution in [0, 0.1) is 13.8 Å². The van der Waals surface area contributed by atoms with Gasteiger partial charge in [0, 0.05) is 11.0 Å². The van der Waals surface area contributed by atoms with E-state index in [1.54, 1.807) is 0 Å². The van der Waals surface area contributed by atoms with Crippen molar-refractivity contribution >= 4 is 21.6 Å². The summed E-state index contributed by atoms with van der Waals surface area (Å²) in [6.45, 7) is 8.87. The molecule has 2 N–H and O–H groups in total. The van der Waals surface area contributed by atoms with Crippen molar-refractivity contribution in [3.8, 4) is 0 Å². The van der Waals surface area contributed by atoms with Gasteiger partial charge in [-0.2, -0.15) is 0 Å². The highest BCUT2D eigenvalue weighted by Gasteiger charge is 2.09. The van der Waals surface area contributed by atoms with E-state index in [9.17, 15) is 5.11 Å². The topological polar surface area (TPSA) is 41.5 Å². The minimum Gasteiger partial charge on any atom is -0.389 e. The first-order valence-corrected chi connectivity index (χ1v) is 6.99. The predicted octanol–water partition coefficient (Wildman–Crippen LogP) is 3.26. The van der Waals surface area contributed by atoms with E-state index in [4.69, 9.17) is 4.74 Å². The SMILES string of the molecule is Cc1cc(C)c(NCC(O)COC(C)C)c(Br)c1. The van der Waals surface area contributed by atoms with Gasteiger partial charge in [-0.15, -0.1) is 0 Å². The quantitative estimate of drug-likeness (QED) is 0.846. The summed E-state index contributed by atoms with van der Waals surface area (Å²) in [4.78, 5) is 0. The van der Waals surface area contributed by atoms with Crippen molar-refractivity contribution in [2.24, 2.45) is 0 Å². The first-order valence-electron chi connectivity index (χ1n) is 6.20. The van der Waals surface area contributed by atoms with E-state index in [0.29, 0.717) is 13.2 Å². The fourth-order valence-electron chi connectivity index (χ4n) is 1.72. The Morgan fingerprint density at radius 2 is 2.00 bits per heavy atom. The summed E-state index contributed by atoms with van der Waals surface area (Å²) in [5.74, 6) is 0. The number of aryl methyl sites for hydroxylation is 2. The maximum Gasteiger partial charge on any atom is 0.0945 e. The van der Waals surface area contributed by atoms with Gasteiger partial charge in [0.1, 0.15) is 0 Å². The second kappa shape index (κ2) is 7.12. The number of aliphatic hydroxyl groups is 1. The highest BCUT2D eigenvalue weighted by Crippen LogP contribution is 2.27. The number of hydrogen-bond acceptors (Lipinski definition) is 3. The molecule has 4 heteroatoms. The molecule has 0 saturated carbocycles. The smallest absolute Gasteiger partial charge is 0.0945 e. The van der Waals surface area contributed by atoms with E-state index < -0.39 is 6.10 Å². The first kappa shape index (κ1) is 15.5. The molecule has 0 bridgehead atoms. The van der Waals surface area contributed by atoms with Crippen LogP contribution in [0.3, 0.4) is 0 Å². The van der Waals surface area contributed by atoms with Crippen LogP contribution in [0.5, 0.6) is 0 Å². The molecule has 102 valence electrons. The van der Waals surface area contributed by atoms with Crippen LogP contribution in [0.15, 0.2) is 16.6 Å². The van der Waals surface area contributed by atoms with Gasteiger partial charge in [-0.25, -0.2) is 0 Å². The highest BCUT2D eigenvalue weighted by atomic mass is 79.9. The summed E-state index contributed by atoms with van der Waals surface area (Å²) >= 11 is 3.53. The molecule has 1 unspecified atom stereocenters. The zero-order chi connectivity index (χ0) is 13.7. The molecule has 1 aromatic rings. The molecule has 0 aliphatic rings. The van der Waals surface area contributed by atoms with E-state index in [-0.39, 0.29) is 6.10 Å². The van der Waals surface area contributed by atoms with Gasteiger partial charge in [0.2, 0.25) is 0 Å². The average Bonchev–Trinajstić information content (AvgIpc) is 2.24. The predicted molar refractivity (Wildman–Crippen MR) is 79.2 cm³/mol. The Bertz CT molecular complexity index is 370. The van der Waals surface area contributed by atoms with Crippen LogP contribution in [0.1, 0.15) is 25.0 Å². The van der Waals surface area contributed by atoms with E-state index >= 15 is 0 Å². The number of rotatable bonds is 6. The minimum atomic E-state index is -0.500. The Morgan fingerprint density at radius 3 is 2.56 bits per heavy atom. The lowest BCUT2D eigenvalue weighted by molar-refractivity contribution is 0.0112. The van der Waals surface area contributed by atoms with Gasteiger partial charge < -0.3 is 15.2 Å². The van der Waals surface area contributed by atoms with Crippen LogP contribution in [-0.2, 0) is 4.74 Å². The van der Waals surface area contributed by atoms with Crippen LogP contribution in [0.2, 0.25) is 0 Å². The molecule has 0 amide bonds. The van der Waals surface area contributed by atoms with Crippen molar-refractivity contribution in [1.82, 2.24) is 0 Å². The average molecular weight is 316 g/mol. The lowest BCUT2D eigenvalue weighted by atomic mass is 10.1. The van der Waals surface area contributed by atoms with Crippen molar-refractivity contribution < 1.29 is 9.84 Å². The Hall–Kier alpha value is -0.580. The highest BCUT2D eigenvalue weighted by molar-refractivity contribution is 9.10. The molecule has 0 aliphatic heterocycles. The molecule has 0 aromatic heterocycles. The van der Waals surface area contributed by atoms with Gasteiger partial charge in [0.05, 0.1) is 24.5 Å². The zero-order valence-electron chi connectivity index (χ0n) is 11.5. The minimum absolute atomic E-state index is 0.146. The van der Waals surface area contributed by atoms with Crippen LogP contribution in [0.25, 0.3) is 0 Å². The molecule has 1 rings (SSSR count). The molecular weight excluding hydrogens is 294 g/mol. The van der Waals surface area contributed by atoms with Crippen LogP contribution >= 0.6 is 15.9 Å². The van der Waals surface area contributed by atoms with Crippen molar-refractivity contribution in [2.75, 3.05) is 18.5 Å². The number of benzene rings is 1. The number of halogens is 1. The summed E-state index contributed by atoms with van der Waals surface area (Å²) in [6.07, 6.45) is -0.354. The maximum absolute atomic E-state index is 9.79. The third-order valence-electron chi connectivity index (χ3n) is 2.57. The first-order chi connectivity index (χ1) is 8.40. The van der Waals surface area contributed by atoms with E-state index in [2.05, 4.69) is 47.2 Å². The molecule has 0 spiro atoms. The van der Waals surface area contributed by atoms with Crippen molar-refractivity contribution in [2.45, 2.75) is 39.9 Å². The Balaban J connectivity index is 2.53. The third-order valence-corrected chi connectivity index (χ3v) is 3.19. The normalized spacial score (nSPS) is 12.8. The second-order valence-corrected chi connectivity index (χ2v) is 5.71. The zero-order valence-corrected chi connectivity index (χ0v) is 13.0. The number of hydrogen-bond donors (Lipinski definition) is 2. The molecule has 0 saturated heterocycles. The van der Waals surface area contributed by atoms with Gasteiger partial charge in [0.15, 0.2) is 0 Å². The third kappa shape index (κ3) is 4.96. The van der Waals surface area contributed by atoms with Crippen LogP contribution in [-0.4, -0.2) is 30.5 Å². The monoisotopic (exact) mass is 315 g/mol.